The molecular weight excluding hydrogens is 272 g/mol. The Labute approximate surface area is 124 Å². The monoisotopic (exact) mass is 288 g/mol. The van der Waals surface area contributed by atoms with Crippen LogP contribution < -0.4 is 0 Å². The molecule has 1 heterocycles. The van der Waals surface area contributed by atoms with Crippen molar-refractivity contribution < 1.29 is 4.79 Å². The lowest BCUT2D eigenvalue weighted by Crippen LogP contribution is -2.36. The second-order valence-electron chi connectivity index (χ2n) is 4.85. The number of carbonyl (C=O) groups excluding carboxylic acids is 1. The number of halogens is 1. The fraction of sp³-hybridized carbons (Fsp3) is 0.250. The number of hydrogen-bond donors (Lipinski definition) is 0. The molecule has 0 radical (unpaired) electrons. The lowest BCUT2D eigenvalue weighted by atomic mass is 10.1. The van der Waals surface area contributed by atoms with Gasteiger partial charge in [-0.2, -0.15) is 0 Å². The van der Waals surface area contributed by atoms with Gasteiger partial charge in [-0.05, 0) is 31.5 Å². The average Bonchev–Trinajstić information content (AvgIpc) is 2.45. The van der Waals surface area contributed by atoms with E-state index in [1.807, 2.05) is 44.2 Å². The summed E-state index contributed by atoms with van der Waals surface area (Å²) in [6, 6.07) is 13.4. The average molecular weight is 289 g/mol. The van der Waals surface area contributed by atoms with Gasteiger partial charge in [0, 0.05) is 18.8 Å². The second kappa shape index (κ2) is 6.53. The van der Waals surface area contributed by atoms with E-state index in [-0.39, 0.29) is 17.1 Å². The summed E-state index contributed by atoms with van der Waals surface area (Å²) in [5, 5.41) is 0.246. The molecule has 0 saturated heterocycles. The zero-order chi connectivity index (χ0) is 14.5. The third-order valence-electron chi connectivity index (χ3n) is 3.07. The number of hydrogen-bond acceptors (Lipinski definition) is 2. The first kappa shape index (κ1) is 14.5. The third-order valence-corrected chi connectivity index (χ3v) is 3.37. The molecule has 1 aromatic carbocycles. The number of pyridine rings is 1. The van der Waals surface area contributed by atoms with Crippen molar-refractivity contribution in [2.24, 2.45) is 0 Å². The Bertz CT molecular complexity index is 584. The highest BCUT2D eigenvalue weighted by Crippen LogP contribution is 2.18. The fourth-order valence-corrected chi connectivity index (χ4v) is 2.17. The van der Waals surface area contributed by atoms with Crippen LogP contribution in [0.1, 0.15) is 29.8 Å². The van der Waals surface area contributed by atoms with Crippen molar-refractivity contribution in [3.05, 3.63) is 64.9 Å². The van der Waals surface area contributed by atoms with Crippen molar-refractivity contribution in [3.63, 3.8) is 0 Å². The third kappa shape index (κ3) is 3.36. The maximum atomic E-state index is 12.6. The van der Waals surface area contributed by atoms with E-state index in [4.69, 9.17) is 11.6 Å². The van der Waals surface area contributed by atoms with Gasteiger partial charge in [0.25, 0.3) is 5.91 Å². The highest BCUT2D eigenvalue weighted by atomic mass is 35.5. The highest BCUT2D eigenvalue weighted by Gasteiger charge is 2.21. The normalized spacial score (nSPS) is 10.6. The fourth-order valence-electron chi connectivity index (χ4n) is 1.97. The lowest BCUT2D eigenvalue weighted by molar-refractivity contribution is 0.0690. The van der Waals surface area contributed by atoms with E-state index in [0.717, 1.165) is 5.56 Å². The van der Waals surface area contributed by atoms with Gasteiger partial charge in [0.05, 0.1) is 5.56 Å². The Morgan fingerprint density at radius 1 is 1.20 bits per heavy atom. The van der Waals surface area contributed by atoms with Gasteiger partial charge < -0.3 is 4.90 Å². The molecule has 1 amide bonds. The zero-order valence-electron chi connectivity index (χ0n) is 11.6. The Hall–Kier alpha value is -1.87. The summed E-state index contributed by atoms with van der Waals surface area (Å²) in [6.45, 7) is 4.54. The molecule has 0 N–H and O–H groups in total. The van der Waals surface area contributed by atoms with Gasteiger partial charge in [0.15, 0.2) is 0 Å². The molecular formula is C16H17ClN2O. The first-order chi connectivity index (χ1) is 9.59. The molecule has 3 nitrogen and oxygen atoms in total. The van der Waals surface area contributed by atoms with E-state index >= 15 is 0 Å². The smallest absolute Gasteiger partial charge is 0.257 e. The summed E-state index contributed by atoms with van der Waals surface area (Å²) in [5.41, 5.74) is 1.54. The standard InChI is InChI=1S/C16H17ClN2O/c1-12(2)19(11-13-7-4-3-5-8-13)16(20)14-9-6-10-18-15(14)17/h3-10,12H,11H2,1-2H3. The minimum atomic E-state index is -0.0954. The van der Waals surface area contributed by atoms with Gasteiger partial charge >= 0.3 is 0 Å². The molecule has 104 valence electrons. The van der Waals surface area contributed by atoms with Crippen molar-refractivity contribution in [3.8, 4) is 0 Å². The lowest BCUT2D eigenvalue weighted by Gasteiger charge is -2.27. The Morgan fingerprint density at radius 2 is 1.90 bits per heavy atom. The van der Waals surface area contributed by atoms with Crippen LogP contribution in [0, 0.1) is 0 Å². The summed E-state index contributed by atoms with van der Waals surface area (Å²) in [4.78, 5) is 18.4. The maximum absolute atomic E-state index is 12.6. The number of carbonyl (C=O) groups is 1. The van der Waals surface area contributed by atoms with E-state index in [9.17, 15) is 4.79 Å². The molecule has 0 bridgehead atoms. The zero-order valence-corrected chi connectivity index (χ0v) is 12.3. The Balaban J connectivity index is 2.25. The van der Waals surface area contributed by atoms with Crippen molar-refractivity contribution in [1.29, 1.82) is 0 Å². The van der Waals surface area contributed by atoms with E-state index in [0.29, 0.717) is 12.1 Å². The maximum Gasteiger partial charge on any atom is 0.257 e. The van der Waals surface area contributed by atoms with Crippen molar-refractivity contribution in [1.82, 2.24) is 9.88 Å². The predicted molar refractivity (Wildman–Crippen MR) is 80.7 cm³/mol. The molecule has 0 aliphatic rings. The van der Waals surface area contributed by atoms with Crippen molar-refractivity contribution in [2.45, 2.75) is 26.4 Å². The molecule has 4 heteroatoms. The van der Waals surface area contributed by atoms with Gasteiger partial charge in [-0.3, -0.25) is 4.79 Å². The van der Waals surface area contributed by atoms with Gasteiger partial charge in [0.2, 0.25) is 0 Å². The van der Waals surface area contributed by atoms with Gasteiger partial charge in [-0.15, -0.1) is 0 Å². The van der Waals surface area contributed by atoms with Crippen LogP contribution in [0.3, 0.4) is 0 Å². The van der Waals surface area contributed by atoms with Crippen LogP contribution in [0.2, 0.25) is 5.15 Å². The SMILES string of the molecule is CC(C)N(Cc1ccccc1)C(=O)c1cccnc1Cl. The molecule has 0 unspecified atom stereocenters. The number of nitrogens with zero attached hydrogens (tertiary/aromatic N) is 2. The number of aromatic nitrogens is 1. The topological polar surface area (TPSA) is 33.2 Å². The predicted octanol–water partition coefficient (Wildman–Crippen LogP) is 3.79. The van der Waals surface area contributed by atoms with Gasteiger partial charge in [-0.25, -0.2) is 4.98 Å². The minimum absolute atomic E-state index is 0.0824. The molecule has 1 aromatic heterocycles. The van der Waals surface area contributed by atoms with Gasteiger partial charge in [0.1, 0.15) is 5.15 Å². The molecule has 20 heavy (non-hydrogen) atoms. The first-order valence-electron chi connectivity index (χ1n) is 6.55. The van der Waals surface area contributed by atoms with E-state index in [1.54, 1.807) is 23.2 Å². The van der Waals surface area contributed by atoms with E-state index in [2.05, 4.69) is 4.98 Å². The quantitative estimate of drug-likeness (QED) is 0.802. The van der Waals surface area contributed by atoms with E-state index < -0.39 is 0 Å². The van der Waals surface area contributed by atoms with Crippen LogP contribution in [-0.2, 0) is 6.54 Å². The molecule has 0 fully saturated rings. The molecule has 2 aromatic rings. The molecule has 0 saturated carbocycles. The first-order valence-corrected chi connectivity index (χ1v) is 6.93. The summed E-state index contributed by atoms with van der Waals surface area (Å²) in [6.07, 6.45) is 1.58. The molecule has 2 rings (SSSR count). The highest BCUT2D eigenvalue weighted by molar-refractivity contribution is 6.32. The van der Waals surface area contributed by atoms with Crippen LogP contribution in [0.4, 0.5) is 0 Å². The minimum Gasteiger partial charge on any atom is -0.332 e. The van der Waals surface area contributed by atoms with E-state index in [1.165, 1.54) is 0 Å². The Morgan fingerprint density at radius 3 is 2.50 bits per heavy atom. The summed E-state index contributed by atoms with van der Waals surface area (Å²) < 4.78 is 0. The van der Waals surface area contributed by atoms with Crippen LogP contribution in [0.5, 0.6) is 0 Å². The number of rotatable bonds is 4. The molecule has 0 atom stereocenters. The van der Waals surface area contributed by atoms with Crippen LogP contribution in [-0.4, -0.2) is 21.8 Å². The molecule has 0 spiro atoms. The number of benzene rings is 1. The summed E-state index contributed by atoms with van der Waals surface area (Å²) in [7, 11) is 0. The number of amides is 1. The summed E-state index contributed by atoms with van der Waals surface area (Å²) >= 11 is 6.01. The largest absolute Gasteiger partial charge is 0.332 e. The van der Waals surface area contributed by atoms with Crippen LogP contribution >= 0.6 is 11.6 Å². The van der Waals surface area contributed by atoms with Gasteiger partial charge in [-0.1, -0.05) is 41.9 Å². The summed E-state index contributed by atoms with van der Waals surface area (Å²) in [5.74, 6) is -0.0954. The molecule has 0 aliphatic heterocycles. The van der Waals surface area contributed by atoms with Crippen molar-refractivity contribution >= 4 is 17.5 Å². The van der Waals surface area contributed by atoms with Crippen molar-refractivity contribution in [2.75, 3.05) is 0 Å². The Kier molecular flexibility index (Phi) is 4.74. The van der Waals surface area contributed by atoms with Crippen LogP contribution in [0.25, 0.3) is 0 Å². The second-order valence-corrected chi connectivity index (χ2v) is 5.21. The molecule has 0 aliphatic carbocycles. The van der Waals surface area contributed by atoms with Crippen LogP contribution in [0.15, 0.2) is 48.7 Å².